The Kier molecular flexibility index (Phi) is 5.07. The van der Waals surface area contributed by atoms with Crippen LogP contribution in [0.15, 0.2) is 71.6 Å². The Hall–Kier alpha value is -3.38. The zero-order valence-corrected chi connectivity index (χ0v) is 17.0. The molecule has 6 heteroatoms. The Morgan fingerprint density at radius 3 is 2.77 bits per heavy atom. The first-order chi connectivity index (χ1) is 14.8. The topological polar surface area (TPSA) is 56.3 Å². The summed E-state index contributed by atoms with van der Waals surface area (Å²) < 4.78 is 13.0. The van der Waals surface area contributed by atoms with Crippen LogP contribution < -0.4 is 4.74 Å². The number of fused-ring (bicyclic) bond motifs is 1. The summed E-state index contributed by atoms with van der Waals surface area (Å²) in [7, 11) is 1.69. The molecule has 1 aromatic carbocycles. The van der Waals surface area contributed by atoms with Crippen LogP contribution in [0.2, 0.25) is 0 Å². The lowest BCUT2D eigenvalue weighted by Crippen LogP contribution is -2.31. The molecule has 152 valence electrons. The van der Waals surface area contributed by atoms with Crippen LogP contribution in [-0.4, -0.2) is 33.1 Å². The first kappa shape index (κ1) is 18.6. The van der Waals surface area contributed by atoms with E-state index in [4.69, 9.17) is 14.1 Å². The lowest BCUT2D eigenvalue weighted by molar-refractivity contribution is 0.237. The third kappa shape index (κ3) is 3.86. The maximum Gasteiger partial charge on any atom is 0.195 e. The Bertz CT molecular complexity index is 1120. The van der Waals surface area contributed by atoms with E-state index in [0.29, 0.717) is 5.82 Å². The van der Waals surface area contributed by atoms with E-state index in [1.54, 1.807) is 13.4 Å². The molecular weight excluding hydrogens is 376 g/mol. The predicted molar refractivity (Wildman–Crippen MR) is 114 cm³/mol. The number of rotatable bonds is 6. The third-order valence-corrected chi connectivity index (χ3v) is 5.58. The van der Waals surface area contributed by atoms with Crippen molar-refractivity contribution in [3.63, 3.8) is 0 Å². The van der Waals surface area contributed by atoms with Crippen molar-refractivity contribution in [2.75, 3.05) is 13.7 Å². The van der Waals surface area contributed by atoms with E-state index in [9.17, 15) is 0 Å². The van der Waals surface area contributed by atoms with Crippen molar-refractivity contribution in [3.8, 4) is 17.3 Å². The van der Waals surface area contributed by atoms with Gasteiger partial charge in [-0.25, -0.2) is 9.97 Å². The van der Waals surface area contributed by atoms with Gasteiger partial charge < -0.3 is 13.7 Å². The number of benzene rings is 1. The largest absolute Gasteiger partial charge is 0.497 e. The molecule has 0 spiro atoms. The molecule has 0 radical (unpaired) electrons. The minimum atomic E-state index is 0.667. The molecule has 4 aromatic rings. The van der Waals surface area contributed by atoms with Gasteiger partial charge in [-0.2, -0.15) is 0 Å². The van der Waals surface area contributed by atoms with Crippen LogP contribution in [0.4, 0.5) is 0 Å². The van der Waals surface area contributed by atoms with Crippen LogP contribution in [-0.2, 0) is 26.1 Å². The standard InChI is InChI=1S/C24H24N4O2/c1-29-21-8-6-18(7-9-21)15-28-11-2-4-20(28)17-27-12-10-22-19(16-27)14-25-24(26-22)23-5-3-13-30-23/h2-9,11,13-14H,10,12,15-17H2,1H3. The molecule has 1 aliphatic heterocycles. The second kappa shape index (κ2) is 8.16. The Morgan fingerprint density at radius 2 is 1.97 bits per heavy atom. The highest BCUT2D eigenvalue weighted by molar-refractivity contribution is 5.47. The molecule has 1 aliphatic rings. The minimum absolute atomic E-state index is 0.667. The van der Waals surface area contributed by atoms with Crippen LogP contribution in [0, 0.1) is 0 Å². The number of ether oxygens (including phenoxy) is 1. The zero-order chi connectivity index (χ0) is 20.3. The second-order valence-electron chi connectivity index (χ2n) is 7.58. The van der Waals surface area contributed by atoms with Gasteiger partial charge in [0.15, 0.2) is 11.6 Å². The van der Waals surface area contributed by atoms with Crippen molar-refractivity contribution in [2.45, 2.75) is 26.1 Å². The van der Waals surface area contributed by atoms with Gasteiger partial charge in [0.2, 0.25) is 0 Å². The molecule has 0 atom stereocenters. The lowest BCUT2D eigenvalue weighted by atomic mass is 10.1. The van der Waals surface area contributed by atoms with Gasteiger partial charge in [-0.05, 0) is 42.0 Å². The maximum absolute atomic E-state index is 5.43. The van der Waals surface area contributed by atoms with Gasteiger partial charge in [0.05, 0.1) is 19.1 Å². The molecule has 0 unspecified atom stereocenters. The molecular formula is C24H24N4O2. The number of nitrogens with zero attached hydrogens (tertiary/aromatic N) is 4. The Labute approximate surface area is 175 Å². The monoisotopic (exact) mass is 400 g/mol. The van der Waals surface area contributed by atoms with Crippen molar-refractivity contribution in [3.05, 3.63) is 89.7 Å². The summed E-state index contributed by atoms with van der Waals surface area (Å²) in [6.45, 7) is 3.60. The van der Waals surface area contributed by atoms with Crippen LogP contribution in [0.25, 0.3) is 11.6 Å². The molecule has 0 N–H and O–H groups in total. The van der Waals surface area contributed by atoms with Gasteiger partial charge in [0, 0.05) is 56.3 Å². The first-order valence-corrected chi connectivity index (χ1v) is 10.2. The van der Waals surface area contributed by atoms with E-state index in [2.05, 4.69) is 44.9 Å². The third-order valence-electron chi connectivity index (χ3n) is 5.58. The molecule has 0 fully saturated rings. The number of aromatic nitrogens is 3. The Balaban J connectivity index is 1.27. The minimum Gasteiger partial charge on any atom is -0.497 e. The SMILES string of the molecule is COc1ccc(Cn2cccc2CN2CCc3nc(-c4ccco4)ncc3C2)cc1. The van der Waals surface area contributed by atoms with Crippen molar-refractivity contribution < 1.29 is 9.15 Å². The number of furan rings is 1. The van der Waals surface area contributed by atoms with Gasteiger partial charge >= 0.3 is 0 Å². The second-order valence-corrected chi connectivity index (χ2v) is 7.58. The van der Waals surface area contributed by atoms with Gasteiger partial charge in [-0.15, -0.1) is 0 Å². The van der Waals surface area contributed by atoms with E-state index < -0.39 is 0 Å². The zero-order valence-electron chi connectivity index (χ0n) is 17.0. The normalized spacial score (nSPS) is 13.9. The van der Waals surface area contributed by atoms with Gasteiger partial charge in [-0.3, -0.25) is 4.90 Å². The molecule has 0 saturated heterocycles. The van der Waals surface area contributed by atoms with Crippen LogP contribution >= 0.6 is 0 Å². The average molecular weight is 400 g/mol. The van der Waals surface area contributed by atoms with E-state index in [-0.39, 0.29) is 0 Å². The van der Waals surface area contributed by atoms with E-state index in [0.717, 1.165) is 49.8 Å². The van der Waals surface area contributed by atoms with Crippen molar-refractivity contribution >= 4 is 0 Å². The predicted octanol–water partition coefficient (Wildman–Crippen LogP) is 4.15. The molecule has 0 saturated carbocycles. The fraction of sp³-hybridized carbons (Fsp3) is 0.250. The molecule has 3 aromatic heterocycles. The summed E-state index contributed by atoms with van der Waals surface area (Å²) in [5.41, 5.74) is 4.89. The molecule has 0 aliphatic carbocycles. The van der Waals surface area contributed by atoms with Crippen molar-refractivity contribution in [1.29, 1.82) is 0 Å². The summed E-state index contributed by atoms with van der Waals surface area (Å²) >= 11 is 0. The van der Waals surface area contributed by atoms with Gasteiger partial charge in [0.1, 0.15) is 5.75 Å². The highest BCUT2D eigenvalue weighted by atomic mass is 16.5. The molecule has 6 nitrogen and oxygen atoms in total. The van der Waals surface area contributed by atoms with Gasteiger partial charge in [0.25, 0.3) is 0 Å². The van der Waals surface area contributed by atoms with Crippen molar-refractivity contribution in [2.24, 2.45) is 0 Å². The highest BCUT2D eigenvalue weighted by Crippen LogP contribution is 2.23. The summed E-state index contributed by atoms with van der Waals surface area (Å²) in [4.78, 5) is 11.7. The molecule has 5 rings (SSSR count). The molecule has 4 heterocycles. The number of methoxy groups -OCH3 is 1. The summed E-state index contributed by atoms with van der Waals surface area (Å²) in [6, 6.07) is 16.3. The quantitative estimate of drug-likeness (QED) is 0.487. The number of hydrogen-bond acceptors (Lipinski definition) is 5. The summed E-state index contributed by atoms with van der Waals surface area (Å²) in [5, 5.41) is 0. The first-order valence-electron chi connectivity index (χ1n) is 10.2. The fourth-order valence-electron chi connectivity index (χ4n) is 3.94. The van der Waals surface area contributed by atoms with E-state index in [1.807, 2.05) is 30.5 Å². The molecule has 0 amide bonds. The van der Waals surface area contributed by atoms with Crippen LogP contribution in [0.5, 0.6) is 5.75 Å². The summed E-state index contributed by atoms with van der Waals surface area (Å²) in [6.07, 6.45) is 6.67. The summed E-state index contributed by atoms with van der Waals surface area (Å²) in [5.74, 6) is 2.27. The van der Waals surface area contributed by atoms with Gasteiger partial charge in [-0.1, -0.05) is 12.1 Å². The maximum atomic E-state index is 5.43. The smallest absolute Gasteiger partial charge is 0.195 e. The highest BCUT2D eigenvalue weighted by Gasteiger charge is 2.20. The van der Waals surface area contributed by atoms with Crippen molar-refractivity contribution in [1.82, 2.24) is 19.4 Å². The van der Waals surface area contributed by atoms with E-state index in [1.165, 1.54) is 16.8 Å². The van der Waals surface area contributed by atoms with Crippen LogP contribution in [0.1, 0.15) is 22.5 Å². The lowest BCUT2D eigenvalue weighted by Gasteiger charge is -2.28. The Morgan fingerprint density at radius 1 is 1.07 bits per heavy atom. The number of hydrogen-bond donors (Lipinski definition) is 0. The van der Waals surface area contributed by atoms with E-state index >= 15 is 0 Å². The molecule has 0 bridgehead atoms. The molecule has 30 heavy (non-hydrogen) atoms. The fourth-order valence-corrected chi connectivity index (χ4v) is 3.94. The van der Waals surface area contributed by atoms with Crippen LogP contribution in [0.3, 0.4) is 0 Å². The average Bonchev–Trinajstić information content (AvgIpc) is 3.47.